The van der Waals surface area contributed by atoms with Crippen LogP contribution in [0.3, 0.4) is 0 Å². The van der Waals surface area contributed by atoms with E-state index in [2.05, 4.69) is 10.4 Å². The zero-order valence-corrected chi connectivity index (χ0v) is 8.90. The molecule has 0 aliphatic carbocycles. The molecular formula is C8H18N4O. The van der Waals surface area contributed by atoms with Gasteiger partial charge in [0.15, 0.2) is 0 Å². The van der Waals surface area contributed by atoms with Crippen molar-refractivity contribution < 1.29 is 4.79 Å². The van der Waals surface area contributed by atoms with Crippen LogP contribution in [0.25, 0.3) is 0 Å². The van der Waals surface area contributed by atoms with Crippen LogP contribution < -0.4 is 5.43 Å². The van der Waals surface area contributed by atoms with E-state index < -0.39 is 0 Å². The Morgan fingerprint density at radius 2 is 2.00 bits per heavy atom. The maximum atomic E-state index is 10.3. The van der Waals surface area contributed by atoms with Crippen molar-refractivity contribution in [2.45, 2.75) is 19.9 Å². The van der Waals surface area contributed by atoms with Gasteiger partial charge in [0.05, 0.1) is 0 Å². The van der Waals surface area contributed by atoms with Gasteiger partial charge in [0.1, 0.15) is 0 Å². The van der Waals surface area contributed by atoms with Crippen LogP contribution in [0.5, 0.6) is 0 Å². The van der Waals surface area contributed by atoms with E-state index in [1.54, 1.807) is 14.1 Å². The van der Waals surface area contributed by atoms with Crippen molar-refractivity contribution in [2.75, 3.05) is 21.1 Å². The van der Waals surface area contributed by atoms with Crippen molar-refractivity contribution in [3.8, 4) is 0 Å². The first kappa shape index (κ1) is 11.7. The van der Waals surface area contributed by atoms with Crippen molar-refractivity contribution in [3.05, 3.63) is 0 Å². The largest absolute Gasteiger partial charge is 0.342 e. The van der Waals surface area contributed by atoms with Gasteiger partial charge in [-0.05, 0) is 13.8 Å². The summed E-state index contributed by atoms with van der Waals surface area (Å²) in [6.45, 7) is 4.10. The molecule has 0 heterocycles. The predicted octanol–water partition coefficient (Wildman–Crippen LogP) is -0.0948. The molecule has 0 aromatic heterocycles. The molecule has 0 radical (unpaired) electrons. The van der Waals surface area contributed by atoms with Crippen LogP contribution in [0, 0.1) is 0 Å². The summed E-state index contributed by atoms with van der Waals surface area (Å²) >= 11 is 0. The third-order valence-corrected chi connectivity index (χ3v) is 1.75. The Hall–Kier alpha value is -1.26. The monoisotopic (exact) mass is 186 g/mol. The highest BCUT2D eigenvalue weighted by molar-refractivity contribution is 5.80. The Balaban J connectivity index is 4.27. The van der Waals surface area contributed by atoms with Crippen molar-refractivity contribution in [3.63, 3.8) is 0 Å². The van der Waals surface area contributed by atoms with E-state index in [4.69, 9.17) is 0 Å². The summed E-state index contributed by atoms with van der Waals surface area (Å²) in [5, 5.41) is 1.32. The SMILES string of the molecule is CN=C(NN(C)C=O)N(C)C(C)C. The predicted molar refractivity (Wildman–Crippen MR) is 53.2 cm³/mol. The Morgan fingerprint density at radius 1 is 1.46 bits per heavy atom. The summed E-state index contributed by atoms with van der Waals surface area (Å²) in [5.41, 5.74) is 2.84. The van der Waals surface area contributed by atoms with E-state index in [0.29, 0.717) is 18.4 Å². The molecule has 1 N–H and O–H groups in total. The summed E-state index contributed by atoms with van der Waals surface area (Å²) in [6, 6.07) is 0.339. The molecule has 0 aliphatic rings. The zero-order valence-electron chi connectivity index (χ0n) is 8.90. The lowest BCUT2D eigenvalue weighted by atomic mass is 10.4. The van der Waals surface area contributed by atoms with Crippen LogP contribution in [0.2, 0.25) is 0 Å². The number of nitrogens with one attached hydrogen (secondary N) is 1. The number of rotatable bonds is 3. The molecule has 0 saturated carbocycles. The van der Waals surface area contributed by atoms with E-state index in [1.165, 1.54) is 5.01 Å². The molecule has 5 heteroatoms. The van der Waals surface area contributed by atoms with E-state index in [1.807, 2.05) is 25.8 Å². The topological polar surface area (TPSA) is 47.9 Å². The van der Waals surface area contributed by atoms with E-state index in [0.717, 1.165) is 0 Å². The average molecular weight is 186 g/mol. The second kappa shape index (κ2) is 5.40. The van der Waals surface area contributed by atoms with Crippen LogP contribution in [-0.4, -0.2) is 49.5 Å². The van der Waals surface area contributed by atoms with Gasteiger partial charge >= 0.3 is 0 Å². The third kappa shape index (κ3) is 3.78. The smallest absolute Gasteiger partial charge is 0.227 e. The Bertz CT molecular complexity index is 191. The highest BCUT2D eigenvalue weighted by Crippen LogP contribution is 1.93. The fourth-order valence-electron chi connectivity index (χ4n) is 0.715. The number of amides is 1. The lowest BCUT2D eigenvalue weighted by Crippen LogP contribution is -2.48. The summed E-state index contributed by atoms with van der Waals surface area (Å²) in [4.78, 5) is 16.3. The van der Waals surface area contributed by atoms with E-state index >= 15 is 0 Å². The molecule has 13 heavy (non-hydrogen) atoms. The van der Waals surface area contributed by atoms with Gasteiger partial charge in [-0.1, -0.05) is 0 Å². The van der Waals surface area contributed by atoms with Crippen LogP contribution in [0.4, 0.5) is 0 Å². The molecule has 0 saturated heterocycles. The minimum Gasteiger partial charge on any atom is -0.342 e. The number of nitrogens with zero attached hydrogens (tertiary/aromatic N) is 3. The minimum absolute atomic E-state index is 0.339. The standard InChI is InChI=1S/C8H18N4O/c1-7(2)12(5)8(9-3)10-11(4)6-13/h6-7H,1-5H3,(H,9,10). The number of hydrogen-bond donors (Lipinski definition) is 1. The fourth-order valence-corrected chi connectivity index (χ4v) is 0.715. The van der Waals surface area contributed by atoms with Crippen LogP contribution in [-0.2, 0) is 4.79 Å². The Morgan fingerprint density at radius 3 is 2.31 bits per heavy atom. The average Bonchev–Trinajstić information content (AvgIpc) is 2.12. The van der Waals surface area contributed by atoms with Crippen molar-refractivity contribution in [1.82, 2.24) is 15.3 Å². The molecule has 5 nitrogen and oxygen atoms in total. The molecule has 0 aliphatic heterocycles. The third-order valence-electron chi connectivity index (χ3n) is 1.75. The van der Waals surface area contributed by atoms with Gasteiger partial charge in [0, 0.05) is 27.2 Å². The highest BCUT2D eigenvalue weighted by Gasteiger charge is 2.09. The maximum absolute atomic E-state index is 10.3. The van der Waals surface area contributed by atoms with E-state index in [-0.39, 0.29) is 0 Å². The summed E-state index contributed by atoms with van der Waals surface area (Å²) < 4.78 is 0. The molecule has 0 fully saturated rings. The number of hydrazine groups is 1. The molecule has 0 spiro atoms. The lowest BCUT2D eigenvalue weighted by Gasteiger charge is -2.27. The quantitative estimate of drug-likeness (QED) is 0.290. The van der Waals surface area contributed by atoms with Gasteiger partial charge < -0.3 is 4.90 Å². The summed E-state index contributed by atoms with van der Waals surface area (Å²) in [7, 11) is 5.23. The van der Waals surface area contributed by atoms with Gasteiger partial charge in [0.25, 0.3) is 0 Å². The van der Waals surface area contributed by atoms with Crippen LogP contribution in [0.15, 0.2) is 4.99 Å². The second-order valence-electron chi connectivity index (χ2n) is 3.08. The van der Waals surface area contributed by atoms with Crippen molar-refractivity contribution >= 4 is 12.4 Å². The van der Waals surface area contributed by atoms with Gasteiger partial charge in [-0.3, -0.25) is 20.2 Å². The zero-order chi connectivity index (χ0) is 10.4. The van der Waals surface area contributed by atoms with Crippen LogP contribution in [0.1, 0.15) is 13.8 Å². The first-order valence-electron chi connectivity index (χ1n) is 4.17. The first-order chi connectivity index (χ1) is 6.02. The fraction of sp³-hybridized carbons (Fsp3) is 0.750. The number of carbonyl (C=O) groups is 1. The molecule has 0 aromatic carbocycles. The molecule has 1 amide bonds. The van der Waals surface area contributed by atoms with Gasteiger partial charge in [-0.15, -0.1) is 0 Å². The number of carbonyl (C=O) groups excluding carboxylic acids is 1. The van der Waals surface area contributed by atoms with Gasteiger partial charge in [-0.25, -0.2) is 0 Å². The molecule has 0 rings (SSSR count). The maximum Gasteiger partial charge on any atom is 0.227 e. The second-order valence-corrected chi connectivity index (χ2v) is 3.08. The van der Waals surface area contributed by atoms with Gasteiger partial charge in [-0.2, -0.15) is 0 Å². The minimum atomic E-state index is 0.339. The normalized spacial score (nSPS) is 11.4. The van der Waals surface area contributed by atoms with E-state index in [9.17, 15) is 4.79 Å². The van der Waals surface area contributed by atoms with Crippen LogP contribution >= 0.6 is 0 Å². The molecule has 0 unspecified atom stereocenters. The Kier molecular flexibility index (Phi) is 4.87. The van der Waals surface area contributed by atoms with Crippen molar-refractivity contribution in [2.24, 2.45) is 4.99 Å². The summed E-state index contributed by atoms with van der Waals surface area (Å²) in [5.74, 6) is 0.671. The van der Waals surface area contributed by atoms with Gasteiger partial charge in [0.2, 0.25) is 12.4 Å². The number of guanidine groups is 1. The molecule has 0 aromatic rings. The lowest BCUT2D eigenvalue weighted by molar-refractivity contribution is -0.118. The highest BCUT2D eigenvalue weighted by atomic mass is 16.1. The molecule has 76 valence electrons. The number of aliphatic imine (C=N–C) groups is 1. The molecule has 0 bridgehead atoms. The first-order valence-corrected chi connectivity index (χ1v) is 4.17. The summed E-state index contributed by atoms with van der Waals surface area (Å²) in [6.07, 6.45) is 0.694. The number of hydrogen-bond acceptors (Lipinski definition) is 2. The molecule has 0 atom stereocenters. The Labute approximate surface area is 79.4 Å². The molecular weight excluding hydrogens is 168 g/mol. The van der Waals surface area contributed by atoms with Crippen molar-refractivity contribution in [1.29, 1.82) is 0 Å².